The van der Waals surface area contributed by atoms with E-state index in [4.69, 9.17) is 47.4 Å². The van der Waals surface area contributed by atoms with E-state index in [0.29, 0.717) is 0 Å². The van der Waals surface area contributed by atoms with Gasteiger partial charge in [0.25, 0.3) is 0 Å². The Labute approximate surface area is 236 Å². The summed E-state index contributed by atoms with van der Waals surface area (Å²) < 4.78 is 55.6. The Balaban J connectivity index is 0.000000176. The maximum atomic E-state index is 11.5. The molecule has 15 heteroatoms. The van der Waals surface area contributed by atoms with Gasteiger partial charge in [0.05, 0.1) is 13.2 Å². The zero-order valence-corrected chi connectivity index (χ0v) is 23.8. The largest absolute Gasteiger partial charge is 2.00 e. The summed E-state index contributed by atoms with van der Waals surface area (Å²) >= 11 is 0. The maximum absolute atomic E-state index is 11.5. The Morgan fingerprint density at radius 1 is 0.564 bits per heavy atom. The first-order chi connectivity index (χ1) is 17.3. The van der Waals surface area contributed by atoms with Crippen LogP contribution >= 0.6 is 0 Å². The summed E-state index contributed by atoms with van der Waals surface area (Å²) in [6.45, 7) is 13.9. The van der Waals surface area contributed by atoms with E-state index >= 15 is 0 Å². The Bertz CT molecular complexity index is 921. The van der Waals surface area contributed by atoms with Crippen molar-refractivity contribution in [2.45, 2.75) is 127 Å². The average Bonchev–Trinajstić information content (AvgIpc) is 3.39. The van der Waals surface area contributed by atoms with Gasteiger partial charge in [-0.05, 0) is 55.4 Å². The fourth-order valence-electron chi connectivity index (χ4n) is 5.62. The van der Waals surface area contributed by atoms with Crippen LogP contribution in [0.3, 0.4) is 0 Å². The fourth-order valence-corrected chi connectivity index (χ4v) is 5.62. The smallest absolute Gasteiger partial charge is 0.544 e. The normalized spacial score (nSPS) is 45.4. The Morgan fingerprint density at radius 3 is 1.21 bits per heavy atom. The van der Waals surface area contributed by atoms with Gasteiger partial charge in [-0.15, -0.1) is 0 Å². The number of hydrogen-bond acceptors (Lipinski definition) is 14. The van der Waals surface area contributed by atoms with Crippen LogP contribution in [0.5, 0.6) is 0 Å². The third kappa shape index (κ3) is 5.26. The van der Waals surface area contributed by atoms with Crippen LogP contribution in [0.15, 0.2) is 0 Å². The van der Waals surface area contributed by atoms with Crippen LogP contribution in [0, 0.1) is 0 Å². The third-order valence-corrected chi connectivity index (χ3v) is 6.95. The van der Waals surface area contributed by atoms with E-state index < -0.39 is 83.3 Å². The molecule has 1 radical (unpaired) electrons. The first-order valence-electron chi connectivity index (χ1n) is 12.5. The summed E-state index contributed by atoms with van der Waals surface area (Å²) in [4.78, 5) is 22.9. The van der Waals surface area contributed by atoms with Crippen LogP contribution in [0.4, 0.5) is 0 Å². The number of ether oxygens (including phenoxy) is 10. The molecule has 0 aromatic rings. The summed E-state index contributed by atoms with van der Waals surface area (Å²) in [5, 5.41) is 22.9. The van der Waals surface area contributed by atoms with Crippen molar-refractivity contribution in [3.8, 4) is 0 Å². The molecule has 0 amide bonds. The van der Waals surface area contributed by atoms with Crippen molar-refractivity contribution in [1.29, 1.82) is 0 Å². The number of rotatable bonds is 2. The fraction of sp³-hybridized carbons (Fsp3) is 0.917. The summed E-state index contributed by atoms with van der Waals surface area (Å²) in [6.07, 6.45) is -3.98. The summed E-state index contributed by atoms with van der Waals surface area (Å²) in [5.41, 5.74) is 0. The van der Waals surface area contributed by atoms with Crippen molar-refractivity contribution in [1.82, 2.24) is 0 Å². The zero-order chi connectivity index (χ0) is 28.1. The van der Waals surface area contributed by atoms with E-state index in [1.165, 1.54) is 0 Å². The standard InChI is InChI=1S/2C12H18O7.Cu/c2*1-10(2)15-5-6-7(17-10)8-12(16-6,9(13)14)19-11(3,4)18-8;/h2*6-8H,5H2,1-4H3,(H,13,14);/q;;+2/p-2/t2*6-,7+,8-,12+;/m00./s1. The molecule has 0 aliphatic carbocycles. The van der Waals surface area contributed by atoms with E-state index in [2.05, 4.69) is 0 Å². The van der Waals surface area contributed by atoms with Crippen LogP contribution < -0.4 is 10.2 Å². The first-order valence-corrected chi connectivity index (χ1v) is 12.5. The molecule has 6 heterocycles. The predicted octanol–water partition coefficient (Wildman–Crippen LogP) is -1.73. The molecule has 14 nitrogen and oxygen atoms in total. The van der Waals surface area contributed by atoms with E-state index in [-0.39, 0.29) is 30.3 Å². The third-order valence-electron chi connectivity index (χ3n) is 6.95. The summed E-state index contributed by atoms with van der Waals surface area (Å²) in [5.74, 6) is -10.5. The molecule has 6 saturated heterocycles. The monoisotopic (exact) mass is 609 g/mol. The molecule has 0 N–H and O–H groups in total. The molecule has 0 saturated carbocycles. The molecule has 6 aliphatic heterocycles. The number of carboxylic acids is 2. The van der Waals surface area contributed by atoms with Crippen molar-refractivity contribution in [2.24, 2.45) is 0 Å². The van der Waals surface area contributed by atoms with Gasteiger partial charge in [-0.2, -0.15) is 0 Å². The van der Waals surface area contributed by atoms with Crippen molar-refractivity contribution in [2.75, 3.05) is 13.2 Å². The van der Waals surface area contributed by atoms with Gasteiger partial charge in [0.2, 0.25) is 11.6 Å². The second-order valence-corrected chi connectivity index (χ2v) is 11.9. The predicted molar refractivity (Wildman–Crippen MR) is 115 cm³/mol. The van der Waals surface area contributed by atoms with Crippen LogP contribution in [0.2, 0.25) is 0 Å². The van der Waals surface area contributed by atoms with E-state index in [9.17, 15) is 19.8 Å². The van der Waals surface area contributed by atoms with Gasteiger partial charge in [0.1, 0.15) is 48.6 Å². The number of fused-ring (bicyclic) bond motifs is 6. The molecule has 6 rings (SSSR count). The number of aliphatic carboxylic acids is 2. The maximum Gasteiger partial charge on any atom is 2.00 e. The molecule has 0 bridgehead atoms. The van der Waals surface area contributed by atoms with Crippen LogP contribution in [-0.2, 0) is 74.0 Å². The molecule has 6 fully saturated rings. The Morgan fingerprint density at radius 2 is 0.897 bits per heavy atom. The molecule has 8 atom stereocenters. The zero-order valence-electron chi connectivity index (χ0n) is 22.9. The van der Waals surface area contributed by atoms with E-state index in [1.54, 1.807) is 55.4 Å². The number of carbonyl (C=O) groups is 2. The molecule has 39 heavy (non-hydrogen) atoms. The van der Waals surface area contributed by atoms with Crippen molar-refractivity contribution in [3.05, 3.63) is 0 Å². The number of carbonyl (C=O) groups excluding carboxylic acids is 2. The van der Waals surface area contributed by atoms with Crippen molar-refractivity contribution < 1.29 is 84.2 Å². The molecule has 225 valence electrons. The van der Waals surface area contributed by atoms with Gasteiger partial charge < -0.3 is 67.2 Å². The first kappa shape index (κ1) is 31.0. The number of hydrogen-bond donors (Lipinski definition) is 0. The molecule has 6 aliphatic rings. The van der Waals surface area contributed by atoms with E-state index in [1.807, 2.05) is 0 Å². The van der Waals surface area contributed by atoms with Crippen molar-refractivity contribution >= 4 is 11.9 Å². The van der Waals surface area contributed by atoms with Gasteiger partial charge in [0, 0.05) is 0 Å². The van der Waals surface area contributed by atoms with Crippen LogP contribution in [0.25, 0.3) is 0 Å². The Kier molecular flexibility index (Phi) is 7.59. The van der Waals surface area contributed by atoms with Gasteiger partial charge in [-0.3, -0.25) is 0 Å². The molecule has 0 unspecified atom stereocenters. The second-order valence-electron chi connectivity index (χ2n) is 11.9. The van der Waals surface area contributed by atoms with E-state index in [0.717, 1.165) is 0 Å². The van der Waals surface area contributed by atoms with Gasteiger partial charge in [0.15, 0.2) is 23.1 Å². The SMILES string of the molecule is CC1(C)OC[C@@H]2O[C@@]3(C(=O)[O-])OC(C)(C)O[C@H]3[C@@H]2O1.CC1(C)OC[C@@H]2O[C@@]3(C(=O)[O-])OC(C)(C)O[C@H]3[C@@H]2O1.[Cu+2]. The Hall–Kier alpha value is -0.941. The number of carboxylic acid groups (broad SMARTS) is 2. The quantitative estimate of drug-likeness (QED) is 0.323. The molecule has 0 spiro atoms. The molecular formula is C24H34CuO14. The molecular weight excluding hydrogens is 576 g/mol. The van der Waals surface area contributed by atoms with Crippen LogP contribution in [0.1, 0.15) is 55.4 Å². The minimum absolute atomic E-state index is 0. The molecule has 0 aromatic heterocycles. The average molecular weight is 610 g/mol. The van der Waals surface area contributed by atoms with Gasteiger partial charge >= 0.3 is 17.1 Å². The van der Waals surface area contributed by atoms with Gasteiger partial charge in [-0.1, -0.05) is 0 Å². The second kappa shape index (κ2) is 9.54. The summed E-state index contributed by atoms with van der Waals surface area (Å²) in [6, 6.07) is 0. The minimum atomic E-state index is -1.93. The molecule has 0 aromatic carbocycles. The topological polar surface area (TPSA) is 173 Å². The van der Waals surface area contributed by atoms with Crippen molar-refractivity contribution in [3.63, 3.8) is 0 Å². The van der Waals surface area contributed by atoms with Crippen LogP contribution in [-0.4, -0.2) is 96.5 Å². The van der Waals surface area contributed by atoms with Gasteiger partial charge in [-0.25, -0.2) is 0 Å². The minimum Gasteiger partial charge on any atom is -0.544 e. The summed E-state index contributed by atoms with van der Waals surface area (Å²) in [7, 11) is 0.